The monoisotopic (exact) mass is 333 g/mol. The SMILES string of the molecule is Cc1ccc(S(=O)NC(C)(C)C(F)(F)F)c(C(F)(F)F)c1. The Hall–Kier alpha value is -1.09. The maximum absolute atomic E-state index is 12.9. The Morgan fingerprint density at radius 2 is 1.57 bits per heavy atom. The average molecular weight is 333 g/mol. The minimum atomic E-state index is -4.80. The quantitative estimate of drug-likeness (QED) is 0.834. The van der Waals surface area contributed by atoms with E-state index in [1.165, 1.54) is 13.0 Å². The molecule has 0 aliphatic carbocycles. The zero-order valence-corrected chi connectivity index (χ0v) is 12.1. The molecule has 0 spiro atoms. The molecule has 1 unspecified atom stereocenters. The van der Waals surface area contributed by atoms with Gasteiger partial charge in [0.15, 0.2) is 0 Å². The number of halogens is 6. The molecule has 0 saturated carbocycles. The minimum absolute atomic E-state index is 0.262. The number of hydrogen-bond donors (Lipinski definition) is 1. The lowest BCUT2D eigenvalue weighted by atomic mass is 10.1. The normalized spacial score (nSPS) is 15.1. The summed E-state index contributed by atoms with van der Waals surface area (Å²) in [7, 11) is -2.66. The number of benzene rings is 1. The number of alkyl halides is 6. The van der Waals surface area contributed by atoms with Crippen molar-refractivity contribution in [3.8, 4) is 0 Å². The minimum Gasteiger partial charge on any atom is -0.237 e. The summed E-state index contributed by atoms with van der Waals surface area (Å²) in [6.45, 7) is 2.80. The largest absolute Gasteiger partial charge is 0.417 e. The first-order valence-electron chi connectivity index (χ1n) is 5.70. The van der Waals surface area contributed by atoms with E-state index in [1.54, 1.807) is 4.72 Å². The van der Waals surface area contributed by atoms with Crippen molar-refractivity contribution >= 4 is 11.0 Å². The van der Waals surface area contributed by atoms with E-state index in [2.05, 4.69) is 0 Å². The molecule has 0 aliphatic heterocycles. The van der Waals surface area contributed by atoms with Crippen molar-refractivity contribution in [1.82, 2.24) is 4.72 Å². The van der Waals surface area contributed by atoms with Crippen LogP contribution in [-0.4, -0.2) is 15.9 Å². The third-order valence-electron chi connectivity index (χ3n) is 2.70. The van der Waals surface area contributed by atoms with Crippen LogP contribution < -0.4 is 4.72 Å². The predicted octanol–water partition coefficient (Wildman–Crippen LogP) is 3.97. The first-order chi connectivity index (χ1) is 9.25. The van der Waals surface area contributed by atoms with E-state index in [9.17, 15) is 30.6 Å². The maximum atomic E-state index is 12.9. The van der Waals surface area contributed by atoms with Crippen LogP contribution in [0.3, 0.4) is 0 Å². The van der Waals surface area contributed by atoms with Gasteiger partial charge in [0.25, 0.3) is 0 Å². The van der Waals surface area contributed by atoms with Gasteiger partial charge in [0, 0.05) is 0 Å². The second kappa shape index (κ2) is 5.60. The van der Waals surface area contributed by atoms with Crippen molar-refractivity contribution in [2.45, 2.75) is 43.6 Å². The van der Waals surface area contributed by atoms with Crippen LogP contribution in [0, 0.1) is 6.92 Å². The average Bonchev–Trinajstić information content (AvgIpc) is 2.25. The third kappa shape index (κ3) is 4.19. The van der Waals surface area contributed by atoms with E-state index in [0.717, 1.165) is 12.1 Å². The second-order valence-electron chi connectivity index (χ2n) is 4.99. The van der Waals surface area contributed by atoms with Crippen LogP contribution in [0.2, 0.25) is 0 Å². The van der Waals surface area contributed by atoms with Gasteiger partial charge in [-0.1, -0.05) is 11.6 Å². The van der Waals surface area contributed by atoms with E-state index in [0.29, 0.717) is 13.8 Å². The van der Waals surface area contributed by atoms with Crippen LogP contribution in [0.4, 0.5) is 26.3 Å². The van der Waals surface area contributed by atoms with Gasteiger partial charge in [-0.15, -0.1) is 0 Å². The van der Waals surface area contributed by atoms with Gasteiger partial charge in [0.1, 0.15) is 16.5 Å². The van der Waals surface area contributed by atoms with Crippen LogP contribution in [0.1, 0.15) is 25.0 Å². The van der Waals surface area contributed by atoms with Gasteiger partial charge in [0.05, 0.1) is 10.5 Å². The fraction of sp³-hybridized carbons (Fsp3) is 0.500. The fourth-order valence-electron chi connectivity index (χ4n) is 1.37. The zero-order valence-electron chi connectivity index (χ0n) is 11.3. The standard InChI is InChI=1S/C12H13F6NOS/c1-7-4-5-9(8(6-7)11(13,14)15)21(20)19-10(2,3)12(16,17)18/h4-6,19H,1-3H3. The summed E-state index contributed by atoms with van der Waals surface area (Å²) in [5.74, 6) is 0. The van der Waals surface area contributed by atoms with Gasteiger partial charge in [-0.05, 0) is 32.9 Å². The Balaban J connectivity index is 3.21. The topological polar surface area (TPSA) is 29.1 Å². The highest BCUT2D eigenvalue weighted by molar-refractivity contribution is 7.83. The molecule has 0 aromatic heterocycles. The lowest BCUT2D eigenvalue weighted by Crippen LogP contribution is -2.52. The second-order valence-corrected chi connectivity index (χ2v) is 6.17. The highest BCUT2D eigenvalue weighted by atomic mass is 32.2. The van der Waals surface area contributed by atoms with E-state index < -0.39 is 39.3 Å². The van der Waals surface area contributed by atoms with E-state index in [4.69, 9.17) is 0 Å². The maximum Gasteiger partial charge on any atom is 0.417 e. The summed E-state index contributed by atoms with van der Waals surface area (Å²) in [5.41, 5.74) is -3.55. The fourth-order valence-corrected chi connectivity index (χ4v) is 2.63. The molecule has 120 valence electrons. The predicted molar refractivity (Wildman–Crippen MR) is 65.9 cm³/mol. The van der Waals surface area contributed by atoms with Crippen LogP contribution >= 0.6 is 0 Å². The van der Waals surface area contributed by atoms with Gasteiger partial charge >= 0.3 is 12.4 Å². The molecule has 0 aliphatic rings. The third-order valence-corrected chi connectivity index (χ3v) is 4.15. The van der Waals surface area contributed by atoms with Crippen molar-refractivity contribution in [2.75, 3.05) is 0 Å². The van der Waals surface area contributed by atoms with Crippen molar-refractivity contribution in [2.24, 2.45) is 0 Å². The molecule has 1 N–H and O–H groups in total. The van der Waals surface area contributed by atoms with Crippen LogP contribution in [0.5, 0.6) is 0 Å². The molecular formula is C12H13F6NOS. The molecule has 0 heterocycles. The zero-order chi connectivity index (χ0) is 16.6. The Labute approximate surface area is 120 Å². The van der Waals surface area contributed by atoms with E-state index >= 15 is 0 Å². The first kappa shape index (κ1) is 18.0. The van der Waals surface area contributed by atoms with Gasteiger partial charge < -0.3 is 0 Å². The van der Waals surface area contributed by atoms with Crippen molar-refractivity contribution < 1.29 is 30.6 Å². The Kier molecular flexibility index (Phi) is 4.79. The lowest BCUT2D eigenvalue weighted by Gasteiger charge is -2.28. The van der Waals surface area contributed by atoms with Gasteiger partial charge in [0.2, 0.25) is 0 Å². The molecule has 0 saturated heterocycles. The molecule has 2 nitrogen and oxygen atoms in total. The Morgan fingerprint density at radius 1 is 1.05 bits per heavy atom. The molecule has 1 atom stereocenters. The van der Waals surface area contributed by atoms with Gasteiger partial charge in [-0.2, -0.15) is 26.3 Å². The van der Waals surface area contributed by atoms with E-state index in [-0.39, 0.29) is 5.56 Å². The van der Waals surface area contributed by atoms with Gasteiger partial charge in [-0.25, -0.2) is 8.93 Å². The summed E-state index contributed by atoms with van der Waals surface area (Å²) in [4.78, 5) is -0.731. The molecule has 0 fully saturated rings. The molecule has 9 heteroatoms. The Bertz CT molecular complexity index is 550. The highest BCUT2D eigenvalue weighted by Crippen LogP contribution is 2.35. The summed E-state index contributed by atoms with van der Waals surface area (Å²) < 4.78 is 90.3. The summed E-state index contributed by atoms with van der Waals surface area (Å²) >= 11 is 0. The summed E-state index contributed by atoms with van der Waals surface area (Å²) in [6.07, 6.45) is -9.56. The van der Waals surface area contributed by atoms with Crippen molar-refractivity contribution in [3.63, 3.8) is 0 Å². The molecule has 0 radical (unpaired) electrons. The molecule has 0 bridgehead atoms. The van der Waals surface area contributed by atoms with Gasteiger partial charge in [-0.3, -0.25) is 0 Å². The van der Waals surface area contributed by atoms with Crippen molar-refractivity contribution in [1.29, 1.82) is 0 Å². The number of rotatable bonds is 3. The molecular weight excluding hydrogens is 320 g/mol. The molecule has 1 aromatic rings. The highest BCUT2D eigenvalue weighted by Gasteiger charge is 2.49. The molecule has 21 heavy (non-hydrogen) atoms. The Morgan fingerprint density at radius 3 is 2.00 bits per heavy atom. The lowest BCUT2D eigenvalue weighted by molar-refractivity contribution is -0.179. The van der Waals surface area contributed by atoms with Crippen LogP contribution in [0.25, 0.3) is 0 Å². The van der Waals surface area contributed by atoms with E-state index in [1.807, 2.05) is 0 Å². The summed E-state index contributed by atoms with van der Waals surface area (Å²) in [5, 5.41) is 0. The number of nitrogens with one attached hydrogen (secondary N) is 1. The smallest absolute Gasteiger partial charge is 0.237 e. The molecule has 0 amide bonds. The first-order valence-corrected chi connectivity index (χ1v) is 6.85. The number of hydrogen-bond acceptors (Lipinski definition) is 1. The number of aryl methyl sites for hydroxylation is 1. The van der Waals surface area contributed by atoms with Crippen LogP contribution in [0.15, 0.2) is 23.1 Å². The molecule has 1 aromatic carbocycles. The van der Waals surface area contributed by atoms with Crippen molar-refractivity contribution in [3.05, 3.63) is 29.3 Å². The molecule has 1 rings (SSSR count). The summed E-state index contributed by atoms with van der Waals surface area (Å²) in [6, 6.07) is 2.91. The van der Waals surface area contributed by atoms with Crippen LogP contribution in [-0.2, 0) is 17.2 Å².